The molecule has 31 heavy (non-hydrogen) atoms. The largest absolute Gasteiger partial charge is 0.490 e. The van der Waals surface area contributed by atoms with Crippen molar-refractivity contribution in [2.75, 3.05) is 6.61 Å². The van der Waals surface area contributed by atoms with Crippen LogP contribution in [0.3, 0.4) is 0 Å². The van der Waals surface area contributed by atoms with Gasteiger partial charge in [0.2, 0.25) is 0 Å². The first-order valence-electron chi connectivity index (χ1n) is 10.7. The molecule has 1 N–H and O–H groups in total. The van der Waals surface area contributed by atoms with Crippen LogP contribution in [0.15, 0.2) is 71.2 Å². The standard InChI is InChI=1S/C26H29BrClNO2/c1-3-30-25-15-22(17-29-19(2)13-14-20-9-5-4-6-10-20)23(27)16-26(25)31-18-21-11-7-8-12-24(21)28/h4-12,15-16,19,29H,3,13-14,17-18H2,1-2H3. The summed E-state index contributed by atoms with van der Waals surface area (Å²) in [5, 5.41) is 4.32. The van der Waals surface area contributed by atoms with Crippen LogP contribution in [0.5, 0.6) is 11.5 Å². The van der Waals surface area contributed by atoms with Crippen LogP contribution in [0.4, 0.5) is 0 Å². The lowest BCUT2D eigenvalue weighted by molar-refractivity contribution is 0.269. The van der Waals surface area contributed by atoms with Crippen molar-refractivity contribution in [2.45, 2.75) is 45.9 Å². The van der Waals surface area contributed by atoms with E-state index in [2.05, 4.69) is 58.5 Å². The van der Waals surface area contributed by atoms with Crippen LogP contribution >= 0.6 is 27.5 Å². The second-order valence-corrected chi connectivity index (χ2v) is 8.77. The monoisotopic (exact) mass is 501 g/mol. The Hall–Kier alpha value is -2.01. The molecule has 3 aromatic rings. The number of aryl methyl sites for hydroxylation is 1. The molecule has 0 spiro atoms. The van der Waals surface area contributed by atoms with Gasteiger partial charge in [0.15, 0.2) is 11.5 Å². The summed E-state index contributed by atoms with van der Waals surface area (Å²) in [7, 11) is 0. The molecule has 0 heterocycles. The second kappa shape index (κ2) is 12.1. The molecule has 1 atom stereocenters. The van der Waals surface area contributed by atoms with Crippen LogP contribution in [0, 0.1) is 0 Å². The third kappa shape index (κ3) is 7.27. The number of hydrogen-bond acceptors (Lipinski definition) is 3. The average Bonchev–Trinajstić information content (AvgIpc) is 2.78. The second-order valence-electron chi connectivity index (χ2n) is 7.51. The van der Waals surface area contributed by atoms with E-state index in [1.165, 1.54) is 5.56 Å². The van der Waals surface area contributed by atoms with Gasteiger partial charge in [0.1, 0.15) is 6.61 Å². The van der Waals surface area contributed by atoms with E-state index in [4.69, 9.17) is 21.1 Å². The summed E-state index contributed by atoms with van der Waals surface area (Å²) < 4.78 is 12.9. The van der Waals surface area contributed by atoms with E-state index in [0.29, 0.717) is 30.0 Å². The van der Waals surface area contributed by atoms with E-state index >= 15 is 0 Å². The molecule has 0 saturated heterocycles. The molecule has 3 nitrogen and oxygen atoms in total. The number of nitrogens with one attached hydrogen (secondary N) is 1. The van der Waals surface area contributed by atoms with E-state index in [0.717, 1.165) is 40.7 Å². The fourth-order valence-electron chi connectivity index (χ4n) is 3.28. The third-order valence-corrected chi connectivity index (χ3v) is 6.21. The first-order valence-corrected chi connectivity index (χ1v) is 11.8. The number of halogens is 2. The van der Waals surface area contributed by atoms with Crippen LogP contribution < -0.4 is 14.8 Å². The predicted octanol–water partition coefficient (Wildman–Crippen LogP) is 7.19. The third-order valence-electron chi connectivity index (χ3n) is 5.10. The van der Waals surface area contributed by atoms with Crippen molar-refractivity contribution in [1.29, 1.82) is 0 Å². The lowest BCUT2D eigenvalue weighted by Gasteiger charge is -2.18. The average molecular weight is 503 g/mol. The van der Waals surface area contributed by atoms with E-state index in [-0.39, 0.29) is 0 Å². The number of ether oxygens (including phenoxy) is 2. The van der Waals surface area contributed by atoms with Gasteiger partial charge in [0, 0.05) is 27.6 Å². The Morgan fingerprint density at radius 3 is 2.39 bits per heavy atom. The van der Waals surface area contributed by atoms with Crippen molar-refractivity contribution in [3.05, 3.63) is 92.9 Å². The summed E-state index contributed by atoms with van der Waals surface area (Å²) >= 11 is 9.95. The number of rotatable bonds is 11. The maximum absolute atomic E-state index is 6.25. The molecule has 0 amide bonds. The summed E-state index contributed by atoms with van der Waals surface area (Å²) in [6.07, 6.45) is 2.15. The normalized spacial score (nSPS) is 11.9. The molecule has 0 aliphatic carbocycles. The highest BCUT2D eigenvalue weighted by Gasteiger charge is 2.13. The smallest absolute Gasteiger partial charge is 0.162 e. The van der Waals surface area contributed by atoms with Gasteiger partial charge >= 0.3 is 0 Å². The Labute approximate surface area is 198 Å². The van der Waals surface area contributed by atoms with Gasteiger partial charge in [-0.1, -0.05) is 76.1 Å². The molecular weight excluding hydrogens is 474 g/mol. The van der Waals surface area contributed by atoms with Crippen molar-refractivity contribution < 1.29 is 9.47 Å². The fourth-order valence-corrected chi connectivity index (χ4v) is 3.93. The molecule has 5 heteroatoms. The molecule has 164 valence electrons. The molecule has 0 aliphatic heterocycles. The lowest BCUT2D eigenvalue weighted by Crippen LogP contribution is -2.26. The zero-order chi connectivity index (χ0) is 22.1. The lowest BCUT2D eigenvalue weighted by atomic mass is 10.1. The van der Waals surface area contributed by atoms with Crippen LogP contribution in [0.25, 0.3) is 0 Å². The highest BCUT2D eigenvalue weighted by molar-refractivity contribution is 9.10. The van der Waals surface area contributed by atoms with Crippen LogP contribution in [0.1, 0.15) is 37.0 Å². The number of benzene rings is 3. The van der Waals surface area contributed by atoms with E-state index < -0.39 is 0 Å². The topological polar surface area (TPSA) is 30.5 Å². The molecule has 3 aromatic carbocycles. The van der Waals surface area contributed by atoms with E-state index in [9.17, 15) is 0 Å². The zero-order valence-electron chi connectivity index (χ0n) is 18.0. The maximum Gasteiger partial charge on any atom is 0.162 e. The van der Waals surface area contributed by atoms with E-state index in [1.54, 1.807) is 0 Å². The van der Waals surface area contributed by atoms with Crippen molar-refractivity contribution in [2.24, 2.45) is 0 Å². The summed E-state index contributed by atoms with van der Waals surface area (Å²) in [6, 6.07) is 22.7. The summed E-state index contributed by atoms with van der Waals surface area (Å²) in [4.78, 5) is 0. The van der Waals surface area contributed by atoms with Crippen molar-refractivity contribution >= 4 is 27.5 Å². The zero-order valence-corrected chi connectivity index (χ0v) is 20.4. The van der Waals surface area contributed by atoms with Gasteiger partial charge in [-0.2, -0.15) is 0 Å². The Kier molecular flexibility index (Phi) is 9.26. The molecule has 0 aliphatic rings. The van der Waals surface area contributed by atoms with E-state index in [1.807, 2.05) is 43.3 Å². The Morgan fingerprint density at radius 1 is 0.935 bits per heavy atom. The molecule has 0 radical (unpaired) electrons. The van der Waals surface area contributed by atoms with Crippen molar-refractivity contribution in [3.63, 3.8) is 0 Å². The highest BCUT2D eigenvalue weighted by Crippen LogP contribution is 2.35. The number of hydrogen-bond donors (Lipinski definition) is 1. The Bertz CT molecular complexity index is 965. The van der Waals surface area contributed by atoms with Gasteiger partial charge in [0.25, 0.3) is 0 Å². The van der Waals surface area contributed by atoms with Crippen LogP contribution in [-0.2, 0) is 19.6 Å². The molecule has 0 aromatic heterocycles. The van der Waals surface area contributed by atoms with Gasteiger partial charge in [-0.15, -0.1) is 0 Å². The quantitative estimate of drug-likeness (QED) is 0.301. The Morgan fingerprint density at radius 2 is 1.65 bits per heavy atom. The molecule has 1 unspecified atom stereocenters. The van der Waals surface area contributed by atoms with Gasteiger partial charge < -0.3 is 14.8 Å². The van der Waals surface area contributed by atoms with Gasteiger partial charge in [0.05, 0.1) is 6.61 Å². The minimum Gasteiger partial charge on any atom is -0.490 e. The molecule has 3 rings (SSSR count). The molecule has 0 saturated carbocycles. The minimum atomic E-state index is 0.389. The highest BCUT2D eigenvalue weighted by atomic mass is 79.9. The van der Waals surface area contributed by atoms with Gasteiger partial charge in [-0.05, 0) is 56.0 Å². The summed E-state index contributed by atoms with van der Waals surface area (Å²) in [6.45, 7) is 5.91. The molecule has 0 bridgehead atoms. The predicted molar refractivity (Wildman–Crippen MR) is 132 cm³/mol. The summed E-state index contributed by atoms with van der Waals surface area (Å²) in [5.74, 6) is 1.45. The van der Waals surface area contributed by atoms with Crippen molar-refractivity contribution in [3.8, 4) is 11.5 Å². The first-order chi connectivity index (χ1) is 15.1. The van der Waals surface area contributed by atoms with Crippen molar-refractivity contribution in [1.82, 2.24) is 5.32 Å². The SMILES string of the molecule is CCOc1cc(CNC(C)CCc2ccccc2)c(Br)cc1OCc1ccccc1Cl. The fraction of sp³-hybridized carbons (Fsp3) is 0.308. The van der Waals surface area contributed by atoms with Crippen LogP contribution in [0.2, 0.25) is 5.02 Å². The van der Waals surface area contributed by atoms with Gasteiger partial charge in [-0.25, -0.2) is 0 Å². The molecular formula is C26H29BrClNO2. The summed E-state index contributed by atoms with van der Waals surface area (Å²) in [5.41, 5.74) is 3.46. The minimum absolute atomic E-state index is 0.389. The Balaban J connectivity index is 1.61. The first kappa shape index (κ1) is 23.6. The molecule has 0 fully saturated rings. The van der Waals surface area contributed by atoms with Crippen LogP contribution in [-0.4, -0.2) is 12.6 Å². The maximum atomic E-state index is 6.25. The van der Waals surface area contributed by atoms with Gasteiger partial charge in [-0.3, -0.25) is 0 Å².